The number of hydrogen-bond acceptors (Lipinski definition) is 15. The van der Waals surface area contributed by atoms with Gasteiger partial charge in [-0.2, -0.15) is 0 Å². The van der Waals surface area contributed by atoms with Crippen molar-refractivity contribution in [3.05, 3.63) is 161 Å². The first-order valence-corrected chi connectivity index (χ1v) is 35.0. The van der Waals surface area contributed by atoms with E-state index in [1.807, 2.05) is 60.7 Å². The Balaban J connectivity index is 1.05. The van der Waals surface area contributed by atoms with Gasteiger partial charge in [-0.3, -0.25) is 43.2 Å². The van der Waals surface area contributed by atoms with Gasteiger partial charge >= 0.3 is 11.9 Å². The van der Waals surface area contributed by atoms with Crippen molar-refractivity contribution < 1.29 is 72.4 Å². The molecule has 0 aliphatic carbocycles. The average Bonchev–Trinajstić information content (AvgIpc) is 1.60. The number of likely N-dealkylation sites (tertiary alicyclic amines) is 2. The quantitative estimate of drug-likeness (QED) is 0.0693. The van der Waals surface area contributed by atoms with Crippen LogP contribution in [0.25, 0.3) is 21.7 Å². The number of aromatic amines is 1. The number of carbonyl (C=O) groups is 11. The second kappa shape index (κ2) is 34.2. The first kappa shape index (κ1) is 77.6. The first-order chi connectivity index (χ1) is 49.4. The lowest BCUT2D eigenvalue weighted by Gasteiger charge is -2.36. The number of H-pyrrole nitrogens is 1. The van der Waals surface area contributed by atoms with Crippen LogP contribution in [0.5, 0.6) is 5.75 Å². The summed E-state index contributed by atoms with van der Waals surface area (Å²) >= 11 is 0. The lowest BCUT2D eigenvalue weighted by atomic mass is 9.85. The fraction of sp³-hybridized carbons (Fsp3) is 0.442. The summed E-state index contributed by atoms with van der Waals surface area (Å²) in [5.41, 5.74) is 1.14. The molecule has 12 atom stereocenters. The molecule has 9 amide bonds. The fourth-order valence-corrected chi connectivity index (χ4v) is 13.0. The average molecular weight is 1430 g/mol. The lowest BCUT2D eigenvalue weighted by Crippen LogP contribution is -2.61. The molecule has 2 saturated heterocycles. The van der Waals surface area contributed by atoms with Crippen molar-refractivity contribution in [3.63, 3.8) is 0 Å². The van der Waals surface area contributed by atoms with E-state index < -0.39 is 148 Å². The van der Waals surface area contributed by atoms with Crippen molar-refractivity contribution in [1.29, 1.82) is 0 Å². The van der Waals surface area contributed by atoms with Crippen LogP contribution in [0.15, 0.2) is 134 Å². The monoisotopic (exact) mass is 1430 g/mol. The second-order valence-corrected chi connectivity index (χ2v) is 29.1. The summed E-state index contributed by atoms with van der Waals surface area (Å²) in [6, 6.07) is 19.6. The number of carboxylic acid groups (broad SMARTS) is 2. The minimum absolute atomic E-state index is 0.00441. The van der Waals surface area contributed by atoms with E-state index in [-0.39, 0.29) is 70.4 Å². The molecule has 12 N–H and O–H groups in total. The third-order valence-electron chi connectivity index (χ3n) is 19.3. The van der Waals surface area contributed by atoms with Crippen LogP contribution >= 0.6 is 0 Å². The molecule has 0 saturated carbocycles. The van der Waals surface area contributed by atoms with Gasteiger partial charge in [0.15, 0.2) is 0 Å². The number of carboxylic acids is 2. The maximum absolute atomic E-state index is 15.2. The summed E-state index contributed by atoms with van der Waals surface area (Å²) in [4.78, 5) is 163. The number of nitrogens with zero attached hydrogens (tertiary/aromatic N) is 2. The van der Waals surface area contributed by atoms with Crippen LogP contribution in [0.1, 0.15) is 101 Å². The highest BCUT2D eigenvalue weighted by Crippen LogP contribution is 2.31. The summed E-state index contributed by atoms with van der Waals surface area (Å²) < 4.78 is 12.3. The third-order valence-corrected chi connectivity index (χ3v) is 19.3. The summed E-state index contributed by atoms with van der Waals surface area (Å²) in [6.45, 7) is 13.6. The van der Waals surface area contributed by atoms with Crippen LogP contribution in [0.3, 0.4) is 0 Å². The molecule has 0 radical (unpaired) electrons. The zero-order chi connectivity index (χ0) is 75.3. The van der Waals surface area contributed by atoms with Gasteiger partial charge in [0.1, 0.15) is 60.7 Å². The molecule has 5 aromatic carbocycles. The normalized spacial score (nSPS) is 22.9. The van der Waals surface area contributed by atoms with Gasteiger partial charge < -0.3 is 82.3 Å². The van der Waals surface area contributed by atoms with E-state index in [2.05, 4.69) is 52.8 Å². The van der Waals surface area contributed by atoms with Crippen LogP contribution in [0.2, 0.25) is 0 Å². The largest absolute Gasteiger partial charge is 0.490 e. The summed E-state index contributed by atoms with van der Waals surface area (Å²) in [7, 11) is 3.19. The first-order valence-electron chi connectivity index (χ1n) is 35.0. The van der Waals surface area contributed by atoms with E-state index in [0.29, 0.717) is 28.0 Å². The second-order valence-electron chi connectivity index (χ2n) is 29.1. The van der Waals surface area contributed by atoms with E-state index >= 15 is 14.4 Å². The van der Waals surface area contributed by atoms with Crippen molar-refractivity contribution in [1.82, 2.24) is 62.6 Å². The van der Waals surface area contributed by atoms with E-state index in [1.165, 1.54) is 34.1 Å². The zero-order valence-electron chi connectivity index (χ0n) is 60.3. The van der Waals surface area contributed by atoms with Gasteiger partial charge in [0, 0.05) is 73.9 Å². The van der Waals surface area contributed by atoms with Crippen molar-refractivity contribution >= 4 is 86.8 Å². The molecule has 1 aromatic heterocycles. The van der Waals surface area contributed by atoms with Crippen LogP contribution in [-0.2, 0) is 78.4 Å². The number of para-hydroxylation sites is 1. The number of rotatable bonds is 14. The summed E-state index contributed by atoms with van der Waals surface area (Å²) in [5.74, 6) is -8.47. The smallest absolute Gasteiger partial charge is 0.326 e. The molecule has 6 aliphatic rings. The van der Waals surface area contributed by atoms with Crippen LogP contribution in [0.4, 0.5) is 0 Å². The lowest BCUT2D eigenvalue weighted by molar-refractivity contribution is -0.145. The minimum atomic E-state index is -1.59. The van der Waals surface area contributed by atoms with Gasteiger partial charge in [0.05, 0.1) is 24.8 Å². The van der Waals surface area contributed by atoms with Crippen molar-refractivity contribution in [2.24, 2.45) is 10.8 Å². The van der Waals surface area contributed by atoms with Crippen LogP contribution in [0, 0.1) is 10.8 Å². The number of aliphatic carboxylic acids is 2. The molecule has 2 fully saturated rings. The van der Waals surface area contributed by atoms with E-state index in [1.54, 1.807) is 118 Å². The molecule has 27 heteroatoms. The molecule has 0 unspecified atom stereocenters. The topological polar surface area (TPSA) is 377 Å². The Morgan fingerprint density at radius 3 is 1.63 bits per heavy atom. The number of fused-ring (bicyclic) bond motifs is 2. The molecule has 7 heterocycles. The standard InChI is InChI=1S/C77H96N12O15/c1-43(78-9)65(90)86-63(76(3,4)5)72(97)88-41-52-38-61(88)70(95)82-57(36-47-23-26-48-17-11-12-18-50(48)33-47)68(93)84-60(75(101)102)35-46-24-29-53(30-25-46)103-31-15-16-32-104-54-39-62(89(42-54)73(98)64(77(6,7)8)87-66(91)44(2)79-10)71(96)83-58(37-51-40-80-56-20-14-13-19-55(51)56)69(94)85-59(74(99)100)34-45-21-27-49(28-22-45)67(92)81-52/h11-30,33,40,43-44,52,54,57-64,78-80H,31-32,34-39,41-42H2,1-10H3,(H,81,92)(H,82,95)(H,83,96)(H,84,93)(H,85,94)(H,86,90)(H,87,91)(H,99,100)(H,101,102)/b16-15+/t43-,44-,52-,54-,57-,58-,59-,60-,61-,62-,63+,64+/m0/s1. The Hall–Kier alpha value is -10.5. The predicted octanol–water partition coefficient (Wildman–Crippen LogP) is 3.61. The number of aromatic nitrogens is 1. The van der Waals surface area contributed by atoms with E-state index in [9.17, 15) is 48.6 Å². The molecule has 6 aromatic rings. The van der Waals surface area contributed by atoms with Crippen molar-refractivity contribution in [2.75, 3.05) is 40.4 Å². The Kier molecular flexibility index (Phi) is 25.5. The number of hydrogen-bond donors (Lipinski definition) is 12. The van der Waals surface area contributed by atoms with Crippen LogP contribution in [-0.4, -0.2) is 203 Å². The maximum atomic E-state index is 15.2. The Labute approximate surface area is 604 Å². The van der Waals surface area contributed by atoms with E-state index in [4.69, 9.17) is 9.47 Å². The van der Waals surface area contributed by atoms with Gasteiger partial charge in [-0.15, -0.1) is 0 Å². The molecule has 8 bridgehead atoms. The number of benzene rings is 5. The van der Waals surface area contributed by atoms with Gasteiger partial charge in [-0.05, 0) is 115 Å². The van der Waals surface area contributed by atoms with Gasteiger partial charge in [-0.25, -0.2) is 9.59 Å². The molecule has 6 aliphatic heterocycles. The molecule has 104 heavy (non-hydrogen) atoms. The molecule has 27 nitrogen and oxygen atoms in total. The molecule has 554 valence electrons. The molecule has 0 spiro atoms. The van der Waals surface area contributed by atoms with Gasteiger partial charge in [-0.1, -0.05) is 133 Å². The summed E-state index contributed by atoms with van der Waals surface area (Å²) in [5, 5.41) is 49.3. The number of nitrogens with one attached hydrogen (secondary N) is 10. The molecule has 12 rings (SSSR count). The van der Waals surface area contributed by atoms with Crippen molar-refractivity contribution in [3.8, 4) is 5.75 Å². The maximum Gasteiger partial charge on any atom is 0.326 e. The highest BCUT2D eigenvalue weighted by molar-refractivity contribution is 5.99. The number of carbonyl (C=O) groups excluding carboxylic acids is 9. The predicted molar refractivity (Wildman–Crippen MR) is 389 cm³/mol. The third kappa shape index (κ3) is 19.8. The molecular weight excluding hydrogens is 1330 g/mol. The number of ether oxygens (including phenoxy) is 2. The Morgan fingerprint density at radius 2 is 1.08 bits per heavy atom. The zero-order valence-corrected chi connectivity index (χ0v) is 60.3. The van der Waals surface area contributed by atoms with E-state index in [0.717, 1.165) is 21.7 Å². The molecular formula is C77H96N12O15. The Bertz CT molecular complexity index is 4170. The van der Waals surface area contributed by atoms with Crippen molar-refractivity contribution in [2.45, 2.75) is 166 Å². The highest BCUT2D eigenvalue weighted by atomic mass is 16.5. The minimum Gasteiger partial charge on any atom is -0.490 e. The van der Waals surface area contributed by atoms with Gasteiger partial charge in [0.2, 0.25) is 47.3 Å². The fourth-order valence-electron chi connectivity index (χ4n) is 13.0. The highest BCUT2D eigenvalue weighted by Gasteiger charge is 2.49. The van der Waals surface area contributed by atoms with Gasteiger partial charge in [0.25, 0.3) is 5.91 Å². The number of likely N-dealkylation sites (N-methyl/N-ethyl adjacent to an activating group) is 2. The SMILES string of the molecule is CN[C@@H](C)C(=O)N[C@H](C(=O)N1C[C@@H]2C[C@H]1C(=O)N[C@@H](Cc1ccc3ccccc3c1)C(=O)N[C@H](C(=O)O)Cc1ccc(cc1)OC/C=C/CO[C@H]1C[C@@H](C(=O)N[C@@H](Cc3c[nH]c4ccccc34)C(=O)N[C@H](C(=O)O)Cc3ccc(cc3)C(=O)N2)N(C(=O)[C@@H](NC(=O)[C@H](C)NC)C(C)(C)C)C1)C(C)(C)C. The van der Waals surface area contributed by atoms with Crippen LogP contribution < -0.4 is 52.6 Å². The number of amides is 9. The summed E-state index contributed by atoms with van der Waals surface area (Å²) in [6.07, 6.45) is 3.38. The Morgan fingerprint density at radius 1 is 0.567 bits per heavy atom.